The summed E-state index contributed by atoms with van der Waals surface area (Å²) in [5.41, 5.74) is 2.32. The smallest absolute Gasteiger partial charge is 0.227 e. The van der Waals surface area contributed by atoms with Gasteiger partial charge >= 0.3 is 0 Å². The number of anilines is 2. The summed E-state index contributed by atoms with van der Waals surface area (Å²) in [6, 6.07) is 8.36. The molecule has 0 amide bonds. The molecule has 6 nitrogen and oxygen atoms in total. The van der Waals surface area contributed by atoms with Crippen LogP contribution in [-0.2, 0) is 17.2 Å². The van der Waals surface area contributed by atoms with Crippen molar-refractivity contribution in [1.29, 1.82) is 0 Å². The summed E-state index contributed by atoms with van der Waals surface area (Å²) in [5, 5.41) is 14.4. The average molecular weight is 515 g/mol. The van der Waals surface area contributed by atoms with Crippen LogP contribution in [0.2, 0.25) is 5.02 Å². The summed E-state index contributed by atoms with van der Waals surface area (Å²) in [5.74, 6) is 2.04. The van der Waals surface area contributed by atoms with E-state index in [1.165, 1.54) is 31.2 Å². The quantitative estimate of drug-likeness (QED) is 0.580. The lowest BCUT2D eigenvalue weighted by atomic mass is 9.65. The molecule has 3 fully saturated rings. The molecule has 2 aliphatic heterocycles. The molecule has 1 spiro atoms. The second kappa shape index (κ2) is 8.42. The lowest BCUT2D eigenvalue weighted by Crippen LogP contribution is -2.58. The Hall–Kier alpha value is -1.70. The van der Waals surface area contributed by atoms with Crippen LogP contribution < -0.4 is 10.2 Å². The second-order valence-electron chi connectivity index (χ2n) is 12.0. The lowest BCUT2D eigenvalue weighted by molar-refractivity contribution is 0.126. The normalized spacial score (nSPS) is 26.2. The Labute approximate surface area is 215 Å². The number of hydrogen-bond acceptors (Lipinski definition) is 6. The number of nitrogens with zero attached hydrogens (tertiary/aromatic N) is 3. The van der Waals surface area contributed by atoms with Gasteiger partial charge in [-0.05, 0) is 82.4 Å². The summed E-state index contributed by atoms with van der Waals surface area (Å²) in [4.78, 5) is 12.9. The van der Waals surface area contributed by atoms with Gasteiger partial charge in [0.25, 0.3) is 0 Å². The van der Waals surface area contributed by atoms with E-state index < -0.39 is 10.8 Å². The number of rotatable bonds is 5. The van der Waals surface area contributed by atoms with Crippen molar-refractivity contribution in [3.8, 4) is 0 Å². The van der Waals surface area contributed by atoms with E-state index >= 15 is 0 Å². The van der Waals surface area contributed by atoms with Crippen molar-refractivity contribution in [2.75, 3.05) is 29.9 Å². The van der Waals surface area contributed by atoms with Gasteiger partial charge in [-0.15, -0.1) is 0 Å². The molecule has 3 heterocycles. The topological polar surface area (TPSA) is 78.3 Å². The van der Waals surface area contributed by atoms with E-state index in [0.717, 1.165) is 53.9 Å². The highest BCUT2D eigenvalue weighted by molar-refractivity contribution is 7.87. The summed E-state index contributed by atoms with van der Waals surface area (Å²) in [6.45, 7) is 6.11. The van der Waals surface area contributed by atoms with Gasteiger partial charge in [-0.25, -0.2) is 4.98 Å². The highest BCUT2D eigenvalue weighted by Crippen LogP contribution is 2.50. The van der Waals surface area contributed by atoms with Gasteiger partial charge in [0.1, 0.15) is 10.7 Å². The molecule has 1 aromatic carbocycles. The number of fused-ring (bicyclic) bond motifs is 1. The number of halogens is 1. The molecule has 2 aromatic rings. The zero-order valence-electron chi connectivity index (χ0n) is 20.6. The fourth-order valence-corrected chi connectivity index (χ4v) is 8.02. The Kier molecular flexibility index (Phi) is 5.70. The lowest BCUT2D eigenvalue weighted by Gasteiger charge is -2.53. The Morgan fingerprint density at radius 3 is 2.40 bits per heavy atom. The van der Waals surface area contributed by atoms with Gasteiger partial charge in [-0.1, -0.05) is 23.7 Å². The first-order chi connectivity index (χ1) is 16.7. The van der Waals surface area contributed by atoms with E-state index in [-0.39, 0.29) is 16.9 Å². The van der Waals surface area contributed by atoms with Crippen LogP contribution in [0.1, 0.15) is 76.0 Å². The van der Waals surface area contributed by atoms with E-state index in [4.69, 9.17) is 21.6 Å². The highest BCUT2D eigenvalue weighted by Gasteiger charge is 2.48. The van der Waals surface area contributed by atoms with Crippen LogP contribution in [0.3, 0.4) is 0 Å². The molecule has 1 saturated heterocycles. The van der Waals surface area contributed by atoms with Gasteiger partial charge in [0.15, 0.2) is 0 Å². The third-order valence-electron chi connectivity index (χ3n) is 8.92. The minimum absolute atomic E-state index is 0.0682. The molecular formula is C27H35ClN4O2S. The largest absolute Gasteiger partial charge is 0.394 e. The summed E-state index contributed by atoms with van der Waals surface area (Å²) >= 11 is 6.08. The van der Waals surface area contributed by atoms with Crippen LogP contribution in [-0.4, -0.2) is 49.3 Å². The molecule has 0 radical (unpaired) electrons. The van der Waals surface area contributed by atoms with E-state index in [9.17, 15) is 9.32 Å². The van der Waals surface area contributed by atoms with Crippen LogP contribution in [0.25, 0.3) is 0 Å². The molecule has 188 valence electrons. The second-order valence-corrected chi connectivity index (χ2v) is 14.4. The molecule has 2 saturated carbocycles. The maximum Gasteiger partial charge on any atom is 0.227 e. The van der Waals surface area contributed by atoms with Crippen LogP contribution >= 0.6 is 11.6 Å². The van der Waals surface area contributed by atoms with Crippen molar-refractivity contribution in [2.24, 2.45) is 5.41 Å². The van der Waals surface area contributed by atoms with Gasteiger partial charge < -0.3 is 15.3 Å². The minimum atomic E-state index is -1.17. The molecule has 1 aromatic heterocycles. The number of nitrogens with one attached hydrogen (secondary N) is 1. The van der Waals surface area contributed by atoms with E-state index in [0.29, 0.717) is 23.6 Å². The van der Waals surface area contributed by atoms with Gasteiger partial charge in [-0.3, -0.25) is 4.21 Å². The SMILES string of the molecule is CC1(C)Cc2nc(N3CC4(CCC(c5ccc(Cl)cc5)CC4)C3)nc(NC3(CO)CCC3)c2S1=O. The van der Waals surface area contributed by atoms with E-state index in [1.807, 2.05) is 26.0 Å². The number of aliphatic hydroxyl groups excluding tert-OH is 1. The molecule has 2 aliphatic carbocycles. The predicted molar refractivity (Wildman–Crippen MR) is 141 cm³/mol. The van der Waals surface area contributed by atoms with Crippen LogP contribution in [0.4, 0.5) is 11.8 Å². The standard InChI is InChI=1S/C27H35ClN4O2S/c1-25(2)14-21-22(35(25)34)23(31-27(17-33)10-3-11-27)30-24(29-21)32-15-26(16-32)12-8-19(9-13-26)18-4-6-20(28)7-5-18/h4-7,19,33H,3,8-17H2,1-2H3,(H,29,30,31). The van der Waals surface area contributed by atoms with Gasteiger partial charge in [0.05, 0.1) is 33.4 Å². The van der Waals surface area contributed by atoms with E-state index in [1.54, 1.807) is 0 Å². The first-order valence-electron chi connectivity index (χ1n) is 12.9. The number of aliphatic hydroxyl groups is 1. The monoisotopic (exact) mass is 514 g/mol. The molecule has 8 heteroatoms. The third-order valence-corrected chi connectivity index (χ3v) is 11.1. The Morgan fingerprint density at radius 2 is 1.80 bits per heavy atom. The van der Waals surface area contributed by atoms with Crippen molar-refractivity contribution in [3.05, 3.63) is 40.5 Å². The Bertz CT molecular complexity index is 1140. The molecule has 4 aliphatic rings. The molecule has 6 rings (SSSR count). The molecule has 35 heavy (non-hydrogen) atoms. The van der Waals surface area contributed by atoms with Crippen molar-refractivity contribution in [2.45, 2.75) is 86.3 Å². The average Bonchev–Trinajstić information content (AvgIpc) is 3.03. The van der Waals surface area contributed by atoms with Crippen LogP contribution in [0.5, 0.6) is 0 Å². The first-order valence-corrected chi connectivity index (χ1v) is 14.5. The fraction of sp³-hybridized carbons (Fsp3) is 0.630. The van der Waals surface area contributed by atoms with Crippen LogP contribution in [0, 0.1) is 5.41 Å². The van der Waals surface area contributed by atoms with E-state index in [2.05, 4.69) is 22.3 Å². The highest BCUT2D eigenvalue weighted by atomic mass is 35.5. The van der Waals surface area contributed by atoms with Crippen molar-refractivity contribution in [1.82, 2.24) is 9.97 Å². The van der Waals surface area contributed by atoms with Crippen molar-refractivity contribution in [3.63, 3.8) is 0 Å². The molecule has 2 N–H and O–H groups in total. The van der Waals surface area contributed by atoms with Crippen molar-refractivity contribution >= 4 is 34.2 Å². The predicted octanol–water partition coefficient (Wildman–Crippen LogP) is 5.06. The summed E-state index contributed by atoms with van der Waals surface area (Å²) in [6.07, 6.45) is 8.46. The summed E-state index contributed by atoms with van der Waals surface area (Å²) in [7, 11) is -1.17. The van der Waals surface area contributed by atoms with Gasteiger partial charge in [0.2, 0.25) is 5.95 Å². The first kappa shape index (κ1) is 23.7. The fourth-order valence-electron chi connectivity index (χ4n) is 6.47. The molecule has 1 atom stereocenters. The maximum absolute atomic E-state index is 13.3. The number of hydrogen-bond donors (Lipinski definition) is 2. The molecule has 0 bridgehead atoms. The third kappa shape index (κ3) is 4.08. The summed E-state index contributed by atoms with van der Waals surface area (Å²) < 4.78 is 12.9. The number of aromatic nitrogens is 2. The molecular weight excluding hydrogens is 480 g/mol. The zero-order chi connectivity index (χ0) is 24.4. The van der Waals surface area contributed by atoms with Gasteiger partial charge in [0, 0.05) is 29.9 Å². The maximum atomic E-state index is 13.3. The van der Waals surface area contributed by atoms with Gasteiger partial charge in [-0.2, -0.15) is 4.98 Å². The zero-order valence-corrected chi connectivity index (χ0v) is 22.2. The minimum Gasteiger partial charge on any atom is -0.394 e. The Balaban J connectivity index is 1.19. The van der Waals surface area contributed by atoms with Crippen LogP contribution in [0.15, 0.2) is 29.2 Å². The van der Waals surface area contributed by atoms with Crippen molar-refractivity contribution < 1.29 is 9.32 Å². The Morgan fingerprint density at radius 1 is 1.11 bits per heavy atom. The number of benzene rings is 1. The molecule has 1 unspecified atom stereocenters.